The van der Waals surface area contributed by atoms with Crippen molar-refractivity contribution in [1.29, 1.82) is 0 Å². The van der Waals surface area contributed by atoms with Gasteiger partial charge in [-0.1, -0.05) is 5.16 Å². The summed E-state index contributed by atoms with van der Waals surface area (Å²) in [6, 6.07) is 5.14. The molecule has 0 fully saturated rings. The van der Waals surface area contributed by atoms with E-state index in [1.54, 1.807) is 18.3 Å². The normalized spacial score (nSPS) is 10.1. The number of hydrogen-bond donors (Lipinski definition) is 1. The molecule has 0 spiro atoms. The number of methoxy groups -OCH3 is 1. The molecule has 0 bridgehead atoms. The Kier molecular flexibility index (Phi) is 3.57. The monoisotopic (exact) mass is 247 g/mol. The number of aromatic nitrogens is 2. The van der Waals surface area contributed by atoms with Crippen molar-refractivity contribution in [2.24, 2.45) is 0 Å². The van der Waals surface area contributed by atoms with E-state index in [0.717, 1.165) is 5.69 Å². The largest absolute Gasteiger partial charge is 0.465 e. The van der Waals surface area contributed by atoms with E-state index in [4.69, 9.17) is 4.52 Å². The van der Waals surface area contributed by atoms with Crippen LogP contribution < -0.4 is 5.32 Å². The molecule has 0 atom stereocenters. The number of esters is 1. The molecule has 6 nitrogen and oxygen atoms in total. The van der Waals surface area contributed by atoms with Gasteiger partial charge in [0.25, 0.3) is 0 Å². The molecule has 0 aromatic carbocycles. The van der Waals surface area contributed by atoms with Crippen molar-refractivity contribution >= 4 is 11.8 Å². The summed E-state index contributed by atoms with van der Waals surface area (Å²) in [7, 11) is 1.33. The van der Waals surface area contributed by atoms with Crippen LogP contribution in [-0.2, 0) is 11.3 Å². The lowest BCUT2D eigenvalue weighted by atomic mass is 10.2. The maximum absolute atomic E-state index is 11.5. The average molecular weight is 247 g/mol. The molecule has 0 amide bonds. The van der Waals surface area contributed by atoms with E-state index in [2.05, 4.69) is 20.2 Å². The fourth-order valence-electron chi connectivity index (χ4n) is 1.49. The van der Waals surface area contributed by atoms with Crippen molar-refractivity contribution in [1.82, 2.24) is 10.1 Å². The molecule has 2 aromatic heterocycles. The van der Waals surface area contributed by atoms with Gasteiger partial charge in [-0.2, -0.15) is 0 Å². The number of hydrogen-bond acceptors (Lipinski definition) is 6. The number of anilines is 1. The minimum Gasteiger partial charge on any atom is -0.465 e. The van der Waals surface area contributed by atoms with E-state index in [0.29, 0.717) is 23.7 Å². The van der Waals surface area contributed by atoms with Crippen LogP contribution in [0.15, 0.2) is 28.9 Å². The van der Waals surface area contributed by atoms with Gasteiger partial charge in [-0.15, -0.1) is 0 Å². The predicted molar refractivity (Wildman–Crippen MR) is 64.1 cm³/mol. The summed E-state index contributed by atoms with van der Waals surface area (Å²) in [6.07, 6.45) is 1.60. The van der Waals surface area contributed by atoms with Gasteiger partial charge >= 0.3 is 5.97 Å². The highest BCUT2D eigenvalue weighted by Crippen LogP contribution is 2.14. The first-order valence-electron chi connectivity index (χ1n) is 5.40. The van der Waals surface area contributed by atoms with Gasteiger partial charge in [0.2, 0.25) is 0 Å². The minimum absolute atomic E-state index is 0.385. The van der Waals surface area contributed by atoms with Gasteiger partial charge in [-0.05, 0) is 19.1 Å². The van der Waals surface area contributed by atoms with E-state index in [1.165, 1.54) is 7.11 Å². The molecular formula is C12H13N3O3. The number of ether oxygens (including phenoxy) is 1. The highest BCUT2D eigenvalue weighted by atomic mass is 16.5. The average Bonchev–Trinajstić information content (AvgIpc) is 2.81. The summed E-state index contributed by atoms with van der Waals surface area (Å²) in [5.74, 6) is 0.701. The molecule has 1 N–H and O–H groups in total. The molecule has 94 valence electrons. The second-order valence-corrected chi connectivity index (χ2v) is 3.68. The Morgan fingerprint density at radius 1 is 1.56 bits per heavy atom. The molecule has 0 aliphatic heterocycles. The van der Waals surface area contributed by atoms with Crippen molar-refractivity contribution in [3.05, 3.63) is 41.4 Å². The first kappa shape index (κ1) is 12.1. The smallest absolute Gasteiger partial charge is 0.341 e. The predicted octanol–water partition coefficient (Wildman–Crippen LogP) is 1.78. The number of nitrogens with one attached hydrogen (secondary N) is 1. The van der Waals surface area contributed by atoms with E-state index in [9.17, 15) is 4.79 Å². The Balaban J connectivity index is 2.11. The molecule has 0 saturated carbocycles. The topological polar surface area (TPSA) is 77.2 Å². The number of pyridine rings is 1. The van der Waals surface area contributed by atoms with E-state index in [1.807, 2.05) is 13.0 Å². The third-order valence-corrected chi connectivity index (χ3v) is 2.32. The number of rotatable bonds is 4. The van der Waals surface area contributed by atoms with Gasteiger partial charge in [0.15, 0.2) is 5.76 Å². The molecular weight excluding hydrogens is 234 g/mol. The van der Waals surface area contributed by atoms with Crippen molar-refractivity contribution in [3.63, 3.8) is 0 Å². The van der Waals surface area contributed by atoms with Crippen molar-refractivity contribution in [2.75, 3.05) is 12.4 Å². The first-order valence-corrected chi connectivity index (χ1v) is 5.40. The molecule has 18 heavy (non-hydrogen) atoms. The molecule has 0 aliphatic rings. The summed E-state index contributed by atoms with van der Waals surface area (Å²) in [5, 5.41) is 6.79. The minimum atomic E-state index is -0.431. The highest BCUT2D eigenvalue weighted by molar-refractivity contribution is 5.94. The van der Waals surface area contributed by atoms with Crippen LogP contribution in [0.4, 0.5) is 5.82 Å². The molecule has 0 radical (unpaired) electrons. The lowest BCUT2D eigenvalue weighted by molar-refractivity contribution is 0.0601. The second kappa shape index (κ2) is 5.31. The van der Waals surface area contributed by atoms with Crippen LogP contribution in [0.5, 0.6) is 0 Å². The van der Waals surface area contributed by atoms with Crippen LogP contribution in [0.1, 0.15) is 21.8 Å². The SMILES string of the molecule is COC(=O)c1cccnc1NCc1cc(C)no1. The fraction of sp³-hybridized carbons (Fsp3) is 0.250. The van der Waals surface area contributed by atoms with Gasteiger partial charge in [0.1, 0.15) is 11.4 Å². The number of aryl methyl sites for hydroxylation is 1. The van der Waals surface area contributed by atoms with E-state index < -0.39 is 5.97 Å². The third-order valence-electron chi connectivity index (χ3n) is 2.32. The summed E-state index contributed by atoms with van der Waals surface area (Å²) < 4.78 is 9.73. The maximum Gasteiger partial charge on any atom is 0.341 e. The van der Waals surface area contributed by atoms with E-state index >= 15 is 0 Å². The van der Waals surface area contributed by atoms with Crippen molar-refractivity contribution < 1.29 is 14.1 Å². The van der Waals surface area contributed by atoms with Gasteiger partial charge < -0.3 is 14.6 Å². The van der Waals surface area contributed by atoms with Crippen molar-refractivity contribution in [2.45, 2.75) is 13.5 Å². The van der Waals surface area contributed by atoms with Gasteiger partial charge in [0.05, 0.1) is 19.3 Å². The molecule has 0 unspecified atom stereocenters. The third kappa shape index (κ3) is 2.65. The van der Waals surface area contributed by atoms with Gasteiger partial charge in [-0.25, -0.2) is 9.78 Å². The zero-order chi connectivity index (χ0) is 13.0. The van der Waals surface area contributed by atoms with Crippen LogP contribution >= 0.6 is 0 Å². The zero-order valence-corrected chi connectivity index (χ0v) is 10.1. The van der Waals surface area contributed by atoms with Gasteiger partial charge in [-0.3, -0.25) is 0 Å². The van der Waals surface area contributed by atoms with Gasteiger partial charge in [0, 0.05) is 12.3 Å². The molecule has 2 rings (SSSR count). The first-order chi connectivity index (χ1) is 8.70. The summed E-state index contributed by atoms with van der Waals surface area (Å²) in [4.78, 5) is 15.6. The Hall–Kier alpha value is -2.37. The zero-order valence-electron chi connectivity index (χ0n) is 10.1. The number of nitrogens with zero attached hydrogens (tertiary/aromatic N) is 2. The van der Waals surface area contributed by atoms with Crippen LogP contribution in [0, 0.1) is 6.92 Å². The molecule has 2 aromatic rings. The molecule has 0 aliphatic carbocycles. The Morgan fingerprint density at radius 2 is 2.39 bits per heavy atom. The highest BCUT2D eigenvalue weighted by Gasteiger charge is 2.12. The standard InChI is InChI=1S/C12H13N3O3/c1-8-6-9(18-15-8)7-14-11-10(12(16)17-2)4-3-5-13-11/h3-6H,7H2,1-2H3,(H,13,14). The van der Waals surface area contributed by atoms with Crippen LogP contribution in [-0.4, -0.2) is 23.2 Å². The maximum atomic E-state index is 11.5. The Labute approximate surface area is 104 Å². The molecule has 2 heterocycles. The molecule has 0 saturated heterocycles. The van der Waals surface area contributed by atoms with Crippen LogP contribution in [0.3, 0.4) is 0 Å². The quantitative estimate of drug-likeness (QED) is 0.830. The Bertz CT molecular complexity index is 551. The van der Waals surface area contributed by atoms with Crippen molar-refractivity contribution in [3.8, 4) is 0 Å². The number of carbonyl (C=O) groups is 1. The summed E-state index contributed by atoms with van der Waals surface area (Å²) >= 11 is 0. The summed E-state index contributed by atoms with van der Waals surface area (Å²) in [5.41, 5.74) is 1.19. The fourth-order valence-corrected chi connectivity index (χ4v) is 1.49. The second-order valence-electron chi connectivity index (χ2n) is 3.68. The van der Waals surface area contributed by atoms with E-state index in [-0.39, 0.29) is 0 Å². The Morgan fingerprint density at radius 3 is 3.06 bits per heavy atom. The molecule has 6 heteroatoms. The van der Waals surface area contributed by atoms with Crippen LogP contribution in [0.25, 0.3) is 0 Å². The lowest BCUT2D eigenvalue weighted by Gasteiger charge is -2.07. The number of carbonyl (C=O) groups excluding carboxylic acids is 1. The lowest BCUT2D eigenvalue weighted by Crippen LogP contribution is -2.09. The summed E-state index contributed by atoms with van der Waals surface area (Å²) in [6.45, 7) is 2.25. The van der Waals surface area contributed by atoms with Crippen LogP contribution in [0.2, 0.25) is 0 Å².